The number of aromatic nitrogens is 1. The Bertz CT molecular complexity index is 872. The molecule has 1 heterocycles. The average molecular weight is 434 g/mol. The first-order chi connectivity index (χ1) is 14.2. The van der Waals surface area contributed by atoms with Crippen molar-refractivity contribution in [1.29, 1.82) is 0 Å². The highest BCUT2D eigenvalue weighted by Crippen LogP contribution is 2.27. The molecule has 9 heteroatoms. The number of thiazole rings is 1. The molecule has 0 saturated heterocycles. The molecule has 0 radical (unpaired) electrons. The number of benzene rings is 1. The second kappa shape index (κ2) is 10.8. The van der Waals surface area contributed by atoms with Crippen LogP contribution in [-0.4, -0.2) is 36.4 Å². The van der Waals surface area contributed by atoms with Crippen LogP contribution in [-0.2, 0) is 27.1 Å². The van der Waals surface area contributed by atoms with Gasteiger partial charge in [-0.1, -0.05) is 17.2 Å². The lowest BCUT2D eigenvalue weighted by Gasteiger charge is -2.17. The van der Waals surface area contributed by atoms with Gasteiger partial charge in [0.15, 0.2) is 0 Å². The van der Waals surface area contributed by atoms with Crippen molar-refractivity contribution in [2.24, 2.45) is 10.2 Å². The molecular weight excluding hydrogens is 406 g/mol. The Balaban J connectivity index is 2.20. The summed E-state index contributed by atoms with van der Waals surface area (Å²) < 4.78 is 15.4. The van der Waals surface area contributed by atoms with Crippen molar-refractivity contribution in [3.8, 4) is 5.75 Å². The Kier molecular flexibility index (Phi) is 8.46. The lowest BCUT2D eigenvalue weighted by molar-refractivity contribution is -0.142. The van der Waals surface area contributed by atoms with Gasteiger partial charge in [-0.25, -0.2) is 9.78 Å². The maximum atomic E-state index is 12.0. The van der Waals surface area contributed by atoms with E-state index in [9.17, 15) is 9.59 Å². The second-order valence-corrected chi connectivity index (χ2v) is 8.31. The largest absolute Gasteiger partial charge is 0.497 e. The number of amides is 1. The number of hydrogen-bond donors (Lipinski definition) is 0. The van der Waals surface area contributed by atoms with Crippen molar-refractivity contribution < 1.29 is 23.8 Å². The summed E-state index contributed by atoms with van der Waals surface area (Å²) in [6.45, 7) is 7.36. The molecule has 1 unspecified atom stereocenters. The molecule has 0 aliphatic rings. The van der Waals surface area contributed by atoms with Crippen LogP contribution < -0.4 is 4.74 Å². The average Bonchev–Trinajstić information content (AvgIpc) is 3.12. The van der Waals surface area contributed by atoms with Gasteiger partial charge in [-0.3, -0.25) is 4.79 Å². The molecule has 0 bridgehead atoms. The zero-order valence-electron chi connectivity index (χ0n) is 17.9. The first-order valence-electron chi connectivity index (χ1n) is 9.57. The summed E-state index contributed by atoms with van der Waals surface area (Å²) in [5, 5.41) is 10.4. The molecule has 0 aliphatic heterocycles. The van der Waals surface area contributed by atoms with Gasteiger partial charge in [-0.2, -0.15) is 5.11 Å². The minimum atomic E-state index is -0.759. The van der Waals surface area contributed by atoms with Gasteiger partial charge in [0, 0.05) is 11.8 Å². The van der Waals surface area contributed by atoms with E-state index in [0.717, 1.165) is 11.3 Å². The van der Waals surface area contributed by atoms with Crippen LogP contribution in [0.5, 0.6) is 5.75 Å². The highest BCUT2D eigenvalue weighted by atomic mass is 32.1. The standard InChI is InChI=1S/C21H27N3O5S/c1-6-28-18(25)12-15-13-30-19(22-15)17(23-24-20(26)29-21(2,3)4)11-14-7-9-16(27-5)10-8-14/h7-10,13,17H,6,11-12H2,1-5H3. The third kappa shape index (κ3) is 7.90. The zero-order chi connectivity index (χ0) is 22.1. The lowest BCUT2D eigenvalue weighted by atomic mass is 10.1. The van der Waals surface area contributed by atoms with Gasteiger partial charge in [0.25, 0.3) is 0 Å². The van der Waals surface area contributed by atoms with E-state index in [-0.39, 0.29) is 12.4 Å². The van der Waals surface area contributed by atoms with Gasteiger partial charge in [-0.05, 0) is 45.4 Å². The van der Waals surface area contributed by atoms with Gasteiger partial charge >= 0.3 is 12.1 Å². The minimum absolute atomic E-state index is 0.0861. The van der Waals surface area contributed by atoms with Crippen LogP contribution in [0.2, 0.25) is 0 Å². The topological polar surface area (TPSA) is 99.4 Å². The molecule has 0 aliphatic carbocycles. The van der Waals surface area contributed by atoms with Gasteiger partial charge in [-0.15, -0.1) is 11.3 Å². The van der Waals surface area contributed by atoms with Crippen LogP contribution in [0.3, 0.4) is 0 Å². The molecule has 1 atom stereocenters. The highest BCUT2D eigenvalue weighted by Gasteiger charge is 2.20. The monoisotopic (exact) mass is 433 g/mol. The van der Waals surface area contributed by atoms with E-state index in [1.807, 2.05) is 24.3 Å². The quantitative estimate of drug-likeness (QED) is 0.432. The van der Waals surface area contributed by atoms with Crippen molar-refractivity contribution in [3.05, 3.63) is 45.9 Å². The summed E-state index contributed by atoms with van der Waals surface area (Å²) >= 11 is 1.36. The molecule has 0 saturated carbocycles. The summed E-state index contributed by atoms with van der Waals surface area (Å²) in [6.07, 6.45) is -0.198. The summed E-state index contributed by atoms with van der Waals surface area (Å²) in [7, 11) is 1.60. The number of azo groups is 1. The first kappa shape index (κ1) is 23.5. The zero-order valence-corrected chi connectivity index (χ0v) is 18.7. The Hall–Kier alpha value is -2.81. The van der Waals surface area contributed by atoms with Crippen molar-refractivity contribution >= 4 is 23.4 Å². The molecule has 1 aromatic carbocycles. The number of ether oxygens (including phenoxy) is 3. The van der Waals surface area contributed by atoms with Gasteiger partial charge in [0.05, 0.1) is 25.8 Å². The van der Waals surface area contributed by atoms with E-state index in [1.54, 1.807) is 40.2 Å². The van der Waals surface area contributed by atoms with Crippen molar-refractivity contribution in [2.45, 2.75) is 52.2 Å². The first-order valence-corrected chi connectivity index (χ1v) is 10.4. The number of esters is 1. The number of carbonyl (C=O) groups excluding carboxylic acids is 2. The van der Waals surface area contributed by atoms with E-state index in [2.05, 4.69) is 15.2 Å². The molecule has 8 nitrogen and oxygen atoms in total. The summed E-state index contributed by atoms with van der Waals surface area (Å²) in [5.41, 5.74) is 0.919. The van der Waals surface area contributed by atoms with Gasteiger partial charge in [0.2, 0.25) is 0 Å². The van der Waals surface area contributed by atoms with Crippen molar-refractivity contribution in [2.75, 3.05) is 13.7 Å². The lowest BCUT2D eigenvalue weighted by Crippen LogP contribution is -2.21. The van der Waals surface area contributed by atoms with Crippen molar-refractivity contribution in [3.63, 3.8) is 0 Å². The molecule has 2 rings (SSSR count). The van der Waals surface area contributed by atoms with E-state index in [4.69, 9.17) is 14.2 Å². The molecule has 1 aromatic heterocycles. The smallest absolute Gasteiger partial charge is 0.452 e. The molecular formula is C21H27N3O5S. The van der Waals surface area contributed by atoms with Crippen LogP contribution in [0.25, 0.3) is 0 Å². The number of hydrogen-bond acceptors (Lipinski definition) is 8. The Morgan fingerprint density at radius 1 is 1.20 bits per heavy atom. The van der Waals surface area contributed by atoms with Gasteiger partial charge < -0.3 is 14.2 Å². The fourth-order valence-corrected chi connectivity index (χ4v) is 3.33. The SMILES string of the molecule is CCOC(=O)Cc1csc(C(Cc2ccc(OC)cc2)N=NC(=O)OC(C)(C)C)n1. The fraction of sp³-hybridized carbons (Fsp3) is 0.476. The summed E-state index contributed by atoms with van der Waals surface area (Å²) in [4.78, 5) is 28.2. The van der Waals surface area contributed by atoms with Crippen LogP contribution in [0.1, 0.15) is 50.0 Å². The molecule has 162 valence electrons. The Morgan fingerprint density at radius 2 is 1.90 bits per heavy atom. The summed E-state index contributed by atoms with van der Waals surface area (Å²) in [6, 6.07) is 7.05. The minimum Gasteiger partial charge on any atom is -0.497 e. The molecule has 2 aromatic rings. The number of rotatable bonds is 8. The predicted molar refractivity (Wildman–Crippen MR) is 113 cm³/mol. The van der Waals surface area contributed by atoms with Crippen molar-refractivity contribution in [1.82, 2.24) is 4.98 Å². The molecule has 1 amide bonds. The fourth-order valence-electron chi connectivity index (χ4n) is 2.48. The molecule has 0 fully saturated rings. The Labute approximate surface area is 180 Å². The van der Waals surface area contributed by atoms with Gasteiger partial charge in [0.1, 0.15) is 22.4 Å². The number of methoxy groups -OCH3 is 1. The third-order valence-corrected chi connectivity index (χ3v) is 4.74. The maximum Gasteiger partial charge on any atom is 0.452 e. The number of carbonyl (C=O) groups is 2. The van der Waals surface area contributed by atoms with E-state index in [1.165, 1.54) is 11.3 Å². The third-order valence-electron chi connectivity index (χ3n) is 3.75. The normalized spacial score (nSPS) is 12.6. The highest BCUT2D eigenvalue weighted by molar-refractivity contribution is 7.09. The molecule has 30 heavy (non-hydrogen) atoms. The van der Waals surface area contributed by atoms with Crippen LogP contribution >= 0.6 is 11.3 Å². The predicted octanol–water partition coefficient (Wildman–Crippen LogP) is 4.93. The van der Waals surface area contributed by atoms with E-state index < -0.39 is 17.7 Å². The van der Waals surface area contributed by atoms with Crippen LogP contribution in [0, 0.1) is 0 Å². The van der Waals surface area contributed by atoms with E-state index in [0.29, 0.717) is 23.7 Å². The Morgan fingerprint density at radius 3 is 2.50 bits per heavy atom. The number of nitrogens with zero attached hydrogens (tertiary/aromatic N) is 3. The second-order valence-electron chi connectivity index (χ2n) is 7.42. The van der Waals surface area contributed by atoms with Crippen LogP contribution in [0.4, 0.5) is 4.79 Å². The molecule has 0 N–H and O–H groups in total. The molecule has 0 spiro atoms. The summed E-state index contributed by atoms with van der Waals surface area (Å²) in [5.74, 6) is 0.410. The van der Waals surface area contributed by atoms with E-state index >= 15 is 0 Å². The maximum absolute atomic E-state index is 12.0. The van der Waals surface area contributed by atoms with Crippen LogP contribution in [0.15, 0.2) is 39.9 Å².